The molecule has 0 bridgehead atoms. The molecule has 6 heteroatoms. The number of carbonyl (C=O) groups is 1. The minimum Gasteiger partial charge on any atom is -0.299 e. The number of carbonyl (C=O) groups excluding carboxylic acids is 1. The summed E-state index contributed by atoms with van der Waals surface area (Å²) < 4.78 is 13.9. The SMILES string of the molecule is Cc1nc(-c2cccc3cn[nH]c23)c2c(n1)[C@@]1(c3ccc(F)cc3)CCC(=O)[C@@H](C)[C@@H]1CC2. The topological polar surface area (TPSA) is 71.5 Å². The van der Waals surface area contributed by atoms with Crippen molar-refractivity contribution in [1.29, 1.82) is 0 Å². The normalized spacial score (nSPS) is 24.5. The van der Waals surface area contributed by atoms with Gasteiger partial charge < -0.3 is 0 Å². The fourth-order valence-corrected chi connectivity index (χ4v) is 6.31. The van der Waals surface area contributed by atoms with Gasteiger partial charge in [0, 0.05) is 34.3 Å². The molecule has 0 amide bonds. The van der Waals surface area contributed by atoms with E-state index in [0.29, 0.717) is 24.4 Å². The second-order valence-electron chi connectivity index (χ2n) is 9.46. The largest absolute Gasteiger partial charge is 0.299 e. The van der Waals surface area contributed by atoms with Crippen molar-refractivity contribution in [3.8, 4) is 11.3 Å². The summed E-state index contributed by atoms with van der Waals surface area (Å²) in [6, 6.07) is 13.0. The highest BCUT2D eigenvalue weighted by Crippen LogP contribution is 2.55. The third-order valence-electron chi connectivity index (χ3n) is 7.85. The highest BCUT2D eigenvalue weighted by atomic mass is 19.1. The fraction of sp³-hybridized carbons (Fsp3) is 0.333. The van der Waals surface area contributed by atoms with Gasteiger partial charge >= 0.3 is 0 Å². The average Bonchev–Trinajstić information content (AvgIpc) is 3.30. The number of nitrogens with zero attached hydrogens (tertiary/aromatic N) is 3. The molecule has 1 fully saturated rings. The number of H-pyrrole nitrogens is 1. The van der Waals surface area contributed by atoms with E-state index in [9.17, 15) is 9.18 Å². The van der Waals surface area contributed by atoms with Crippen LogP contribution in [0.4, 0.5) is 4.39 Å². The zero-order chi connectivity index (χ0) is 22.7. The van der Waals surface area contributed by atoms with Gasteiger partial charge in [-0.25, -0.2) is 14.4 Å². The van der Waals surface area contributed by atoms with Crippen LogP contribution in [0.1, 0.15) is 48.8 Å². The zero-order valence-electron chi connectivity index (χ0n) is 18.7. The number of para-hydroxylation sites is 1. The number of aromatic nitrogens is 4. The minimum atomic E-state index is -0.432. The van der Waals surface area contributed by atoms with E-state index in [1.54, 1.807) is 0 Å². The number of rotatable bonds is 2. The van der Waals surface area contributed by atoms with Crippen molar-refractivity contribution in [3.05, 3.63) is 77.1 Å². The van der Waals surface area contributed by atoms with Gasteiger partial charge in [-0.2, -0.15) is 5.10 Å². The number of hydrogen-bond donors (Lipinski definition) is 1. The predicted octanol–water partition coefficient (Wildman–Crippen LogP) is 5.31. The summed E-state index contributed by atoms with van der Waals surface area (Å²) >= 11 is 0. The van der Waals surface area contributed by atoms with Crippen LogP contribution >= 0.6 is 0 Å². The Balaban J connectivity index is 1.65. The average molecular weight is 441 g/mol. The second-order valence-corrected chi connectivity index (χ2v) is 9.46. The van der Waals surface area contributed by atoms with Crippen molar-refractivity contribution in [2.45, 2.75) is 44.9 Å². The van der Waals surface area contributed by atoms with Crippen LogP contribution in [-0.2, 0) is 16.6 Å². The zero-order valence-corrected chi connectivity index (χ0v) is 18.7. The maximum absolute atomic E-state index is 13.9. The van der Waals surface area contributed by atoms with Crippen molar-refractivity contribution in [1.82, 2.24) is 20.2 Å². The molecule has 0 radical (unpaired) electrons. The first kappa shape index (κ1) is 20.2. The standard InChI is InChI=1S/C27H25FN4O/c1-15-22-11-10-21-25(20-5-3-4-17-14-29-32-24(17)20)30-16(2)31-26(21)27(22,13-12-23(15)33)18-6-8-19(28)9-7-18/h3-9,14-15,22H,10-13H2,1-2H3,(H,29,32)/t15-,22-,27+/m0/s1. The molecule has 3 atom stereocenters. The Bertz CT molecular complexity index is 1390. The number of ketones is 1. The van der Waals surface area contributed by atoms with Crippen molar-refractivity contribution >= 4 is 16.7 Å². The van der Waals surface area contributed by atoms with E-state index < -0.39 is 5.41 Å². The van der Waals surface area contributed by atoms with Gasteiger partial charge in [-0.05, 0) is 49.8 Å². The van der Waals surface area contributed by atoms with Gasteiger partial charge in [0.25, 0.3) is 0 Å². The Morgan fingerprint density at radius 2 is 1.91 bits per heavy atom. The summed E-state index contributed by atoms with van der Waals surface area (Å²) in [7, 11) is 0. The number of nitrogens with one attached hydrogen (secondary N) is 1. The van der Waals surface area contributed by atoms with Gasteiger partial charge in [-0.1, -0.05) is 37.3 Å². The maximum atomic E-state index is 13.9. The summed E-state index contributed by atoms with van der Waals surface area (Å²) in [5, 5.41) is 8.40. The van der Waals surface area contributed by atoms with E-state index in [1.165, 1.54) is 12.1 Å². The molecule has 2 aromatic carbocycles. The maximum Gasteiger partial charge on any atom is 0.136 e. The van der Waals surface area contributed by atoms with Gasteiger partial charge in [0.2, 0.25) is 0 Å². The lowest BCUT2D eigenvalue weighted by atomic mass is 9.52. The van der Waals surface area contributed by atoms with Gasteiger partial charge in [0.05, 0.1) is 23.1 Å². The third-order valence-corrected chi connectivity index (χ3v) is 7.85. The number of Topliss-reactive ketones (excluding diaryl/α,β-unsaturated/α-hetero) is 1. The lowest BCUT2D eigenvalue weighted by Crippen LogP contribution is -2.50. The Morgan fingerprint density at radius 1 is 1.09 bits per heavy atom. The van der Waals surface area contributed by atoms with Crippen molar-refractivity contribution in [2.75, 3.05) is 0 Å². The smallest absolute Gasteiger partial charge is 0.136 e. The first-order chi connectivity index (χ1) is 16.0. The molecule has 2 heterocycles. The lowest BCUT2D eigenvalue weighted by molar-refractivity contribution is -0.128. The number of halogens is 1. The number of aryl methyl sites for hydroxylation is 1. The van der Waals surface area contributed by atoms with Crippen LogP contribution in [0.2, 0.25) is 0 Å². The van der Waals surface area contributed by atoms with Gasteiger partial charge in [-0.3, -0.25) is 9.89 Å². The van der Waals surface area contributed by atoms with E-state index in [1.807, 2.05) is 37.4 Å². The van der Waals surface area contributed by atoms with Crippen LogP contribution in [0.5, 0.6) is 0 Å². The summed E-state index contributed by atoms with van der Waals surface area (Å²) in [5.74, 6) is 0.822. The Kier molecular flexibility index (Phi) is 4.47. The highest BCUT2D eigenvalue weighted by molar-refractivity contribution is 5.93. The van der Waals surface area contributed by atoms with E-state index in [0.717, 1.165) is 51.8 Å². The van der Waals surface area contributed by atoms with Crippen LogP contribution in [0.15, 0.2) is 48.7 Å². The molecule has 166 valence electrons. The fourth-order valence-electron chi connectivity index (χ4n) is 6.31. The first-order valence-corrected chi connectivity index (χ1v) is 11.6. The molecule has 2 aromatic heterocycles. The summed E-state index contributed by atoms with van der Waals surface area (Å²) in [6.07, 6.45) is 4.69. The lowest BCUT2D eigenvalue weighted by Gasteiger charge is -2.50. The van der Waals surface area contributed by atoms with Gasteiger partial charge in [0.1, 0.15) is 17.4 Å². The Morgan fingerprint density at radius 3 is 2.73 bits per heavy atom. The monoisotopic (exact) mass is 440 g/mol. The second kappa shape index (κ2) is 7.30. The van der Waals surface area contributed by atoms with Crippen LogP contribution in [0, 0.1) is 24.6 Å². The van der Waals surface area contributed by atoms with Crippen LogP contribution in [0.25, 0.3) is 22.2 Å². The van der Waals surface area contributed by atoms with Crippen LogP contribution in [0.3, 0.4) is 0 Å². The van der Waals surface area contributed by atoms with Crippen LogP contribution < -0.4 is 0 Å². The molecule has 0 spiro atoms. The van der Waals surface area contributed by atoms with E-state index in [4.69, 9.17) is 9.97 Å². The summed E-state index contributed by atoms with van der Waals surface area (Å²) in [5.41, 5.74) is 5.64. The Hall–Kier alpha value is -3.41. The number of hydrogen-bond acceptors (Lipinski definition) is 4. The number of benzene rings is 2. The molecular weight excluding hydrogens is 415 g/mol. The van der Waals surface area contributed by atoms with Crippen molar-refractivity contribution < 1.29 is 9.18 Å². The molecule has 4 aromatic rings. The molecule has 0 saturated heterocycles. The molecule has 2 aliphatic carbocycles. The molecule has 0 unspecified atom stereocenters. The molecule has 5 nitrogen and oxygen atoms in total. The van der Waals surface area contributed by atoms with Gasteiger partial charge in [-0.15, -0.1) is 0 Å². The molecular formula is C27H25FN4O. The summed E-state index contributed by atoms with van der Waals surface area (Å²) in [6.45, 7) is 3.98. The molecule has 1 N–H and O–H groups in total. The van der Waals surface area contributed by atoms with Crippen molar-refractivity contribution in [3.63, 3.8) is 0 Å². The molecule has 1 saturated carbocycles. The number of fused-ring (bicyclic) bond motifs is 4. The summed E-state index contributed by atoms with van der Waals surface area (Å²) in [4.78, 5) is 22.7. The van der Waals surface area contributed by atoms with Crippen LogP contribution in [-0.4, -0.2) is 25.9 Å². The van der Waals surface area contributed by atoms with E-state index in [2.05, 4.69) is 23.2 Å². The molecule has 33 heavy (non-hydrogen) atoms. The molecule has 0 aliphatic heterocycles. The van der Waals surface area contributed by atoms with Crippen molar-refractivity contribution in [2.24, 2.45) is 11.8 Å². The van der Waals surface area contributed by atoms with Gasteiger partial charge in [0.15, 0.2) is 0 Å². The van der Waals surface area contributed by atoms with E-state index >= 15 is 0 Å². The number of aromatic amines is 1. The van der Waals surface area contributed by atoms with E-state index in [-0.39, 0.29) is 17.7 Å². The molecule has 2 aliphatic rings. The third kappa shape index (κ3) is 2.89. The first-order valence-electron chi connectivity index (χ1n) is 11.6. The minimum absolute atomic E-state index is 0.0632. The quantitative estimate of drug-likeness (QED) is 0.458. The Labute approximate surface area is 191 Å². The predicted molar refractivity (Wildman–Crippen MR) is 124 cm³/mol. The highest BCUT2D eigenvalue weighted by Gasteiger charge is 2.53. The molecule has 6 rings (SSSR count).